The fourth-order valence-electron chi connectivity index (χ4n) is 1.65. The third-order valence-electron chi connectivity index (χ3n) is 2.71. The average molecular weight is 401 g/mol. The van der Waals surface area contributed by atoms with Gasteiger partial charge in [-0.3, -0.25) is 10.1 Å². The minimum atomic E-state index is -4.66. The lowest BCUT2D eigenvalue weighted by Crippen LogP contribution is -2.17. The van der Waals surface area contributed by atoms with Crippen molar-refractivity contribution < 1.29 is 31.1 Å². The van der Waals surface area contributed by atoms with Gasteiger partial charge in [-0.05, 0) is 11.8 Å². The zero-order valence-electron chi connectivity index (χ0n) is 12.3. The monoisotopic (exact) mass is 401 g/mol. The van der Waals surface area contributed by atoms with Crippen LogP contribution in [-0.4, -0.2) is 21.6 Å². The minimum Gasteiger partial charge on any atom is -0.296 e. The summed E-state index contributed by atoms with van der Waals surface area (Å²) in [5, 5.41) is 2.51. The Balaban J connectivity index is 2.27. The molecule has 0 saturated carbocycles. The number of nitrogens with zero attached hydrogens (tertiary/aromatic N) is 2. The summed E-state index contributed by atoms with van der Waals surface area (Å²) < 4.78 is 75.7. The van der Waals surface area contributed by atoms with Crippen LogP contribution < -0.4 is 5.32 Å². The molecular weight excluding hydrogens is 392 g/mol. The van der Waals surface area contributed by atoms with Gasteiger partial charge in [0.15, 0.2) is 10.8 Å². The molecule has 0 aliphatic heterocycles. The van der Waals surface area contributed by atoms with Gasteiger partial charge in [0.05, 0.1) is 5.56 Å². The summed E-state index contributed by atoms with van der Waals surface area (Å²) in [7, 11) is 0. The van der Waals surface area contributed by atoms with E-state index in [-0.39, 0.29) is 15.7 Å². The average Bonchev–Trinajstić information content (AvgIpc) is 2.95. The van der Waals surface area contributed by atoms with Gasteiger partial charge >= 0.3 is 12.4 Å². The highest BCUT2D eigenvalue weighted by atomic mass is 32.2. The molecule has 25 heavy (non-hydrogen) atoms. The number of nitrogens with one attached hydrogen (secondary N) is 1. The van der Waals surface area contributed by atoms with Gasteiger partial charge < -0.3 is 0 Å². The molecule has 0 aromatic carbocycles. The van der Waals surface area contributed by atoms with E-state index in [0.717, 1.165) is 23.2 Å². The Hall–Kier alpha value is -1.82. The van der Waals surface area contributed by atoms with E-state index in [1.165, 1.54) is 0 Å². The zero-order chi connectivity index (χ0) is 18.8. The Bertz CT molecular complexity index is 772. The number of hydrogen-bond donors (Lipinski definition) is 1. The number of anilines is 1. The van der Waals surface area contributed by atoms with E-state index in [2.05, 4.69) is 15.3 Å². The number of aromatic nitrogens is 2. The number of thioether (sulfide) groups is 1. The predicted octanol–water partition coefficient (Wildman–Crippen LogP) is 4.94. The van der Waals surface area contributed by atoms with Crippen molar-refractivity contribution in [1.82, 2.24) is 9.97 Å². The molecule has 0 aliphatic carbocycles. The smallest absolute Gasteiger partial charge is 0.296 e. The molecule has 0 spiro atoms. The van der Waals surface area contributed by atoms with Gasteiger partial charge in [-0.2, -0.15) is 26.3 Å². The summed E-state index contributed by atoms with van der Waals surface area (Å²) in [6, 6.07) is 0.777. The van der Waals surface area contributed by atoms with Crippen molar-refractivity contribution in [2.24, 2.45) is 0 Å². The summed E-state index contributed by atoms with van der Waals surface area (Å²) in [5.41, 5.74) is -2.51. The Morgan fingerprint density at radius 2 is 1.92 bits per heavy atom. The Labute approximate surface area is 145 Å². The third-order valence-corrected chi connectivity index (χ3v) is 4.38. The molecule has 0 bridgehead atoms. The van der Waals surface area contributed by atoms with Crippen molar-refractivity contribution in [3.63, 3.8) is 0 Å². The van der Waals surface area contributed by atoms with E-state index in [4.69, 9.17) is 0 Å². The van der Waals surface area contributed by atoms with Crippen molar-refractivity contribution in [2.45, 2.75) is 24.2 Å². The van der Waals surface area contributed by atoms with Crippen LogP contribution in [0.1, 0.15) is 28.7 Å². The fraction of sp³-hybridized carbons (Fsp3) is 0.308. The number of amides is 1. The maximum absolute atomic E-state index is 12.7. The van der Waals surface area contributed by atoms with Gasteiger partial charge in [-0.15, -0.1) is 23.1 Å². The molecule has 0 radical (unpaired) electrons. The van der Waals surface area contributed by atoms with E-state index in [9.17, 15) is 31.1 Å². The standard InChI is InChI=1S/C13H9F6N3OS2/c1-2-24-7-3-6(12(14,15)16)4-20-9(7)10(23)22-11-21-8(5-25-11)13(17,18)19/h3-5H,2H2,1H3,(H,21,22,23). The molecule has 2 rings (SSSR count). The first kappa shape index (κ1) is 19.5. The van der Waals surface area contributed by atoms with Crippen LogP contribution in [0.4, 0.5) is 31.5 Å². The number of carbonyl (C=O) groups excluding carboxylic acids is 1. The lowest BCUT2D eigenvalue weighted by atomic mass is 10.2. The predicted molar refractivity (Wildman–Crippen MR) is 80.7 cm³/mol. The molecule has 0 atom stereocenters. The summed E-state index contributed by atoms with van der Waals surface area (Å²) >= 11 is 1.51. The summed E-state index contributed by atoms with van der Waals surface area (Å²) in [5.74, 6) is -0.564. The lowest BCUT2D eigenvalue weighted by Gasteiger charge is -2.11. The van der Waals surface area contributed by atoms with Crippen LogP contribution >= 0.6 is 23.1 Å². The Kier molecular flexibility index (Phi) is 5.62. The van der Waals surface area contributed by atoms with Crippen molar-refractivity contribution >= 4 is 34.1 Å². The summed E-state index contributed by atoms with van der Waals surface area (Å²) in [6.07, 6.45) is -8.78. The second kappa shape index (κ2) is 7.20. The number of thiazole rings is 1. The summed E-state index contributed by atoms with van der Waals surface area (Å²) in [4.78, 5) is 18.9. The van der Waals surface area contributed by atoms with Crippen LogP contribution in [0.25, 0.3) is 0 Å². The fourth-order valence-corrected chi connectivity index (χ4v) is 3.17. The number of alkyl halides is 6. The highest BCUT2D eigenvalue weighted by Crippen LogP contribution is 2.34. The maximum atomic E-state index is 12.7. The number of carbonyl (C=O) groups is 1. The molecule has 4 nitrogen and oxygen atoms in total. The van der Waals surface area contributed by atoms with E-state index in [1.807, 2.05) is 0 Å². The highest BCUT2D eigenvalue weighted by molar-refractivity contribution is 7.99. The molecular formula is C13H9F6N3OS2. The first-order valence-electron chi connectivity index (χ1n) is 6.56. The molecule has 0 saturated heterocycles. The topological polar surface area (TPSA) is 54.9 Å². The van der Waals surface area contributed by atoms with Gasteiger partial charge in [-0.1, -0.05) is 6.92 Å². The van der Waals surface area contributed by atoms with E-state index < -0.39 is 29.5 Å². The van der Waals surface area contributed by atoms with Crippen LogP contribution in [0, 0.1) is 0 Å². The lowest BCUT2D eigenvalue weighted by molar-refractivity contribution is -0.140. The number of hydrogen-bond acceptors (Lipinski definition) is 5. The van der Waals surface area contributed by atoms with Crippen LogP contribution in [0.5, 0.6) is 0 Å². The summed E-state index contributed by atoms with van der Waals surface area (Å²) in [6.45, 7) is 1.67. The highest BCUT2D eigenvalue weighted by Gasteiger charge is 2.34. The molecule has 0 unspecified atom stereocenters. The van der Waals surface area contributed by atoms with E-state index >= 15 is 0 Å². The molecule has 0 aliphatic rings. The number of halogens is 6. The molecule has 0 fully saturated rings. The van der Waals surface area contributed by atoms with Crippen molar-refractivity contribution in [3.8, 4) is 0 Å². The van der Waals surface area contributed by atoms with Gasteiger partial charge in [0, 0.05) is 16.5 Å². The van der Waals surface area contributed by atoms with E-state index in [0.29, 0.717) is 23.3 Å². The van der Waals surface area contributed by atoms with Gasteiger partial charge in [0.1, 0.15) is 5.69 Å². The van der Waals surface area contributed by atoms with Crippen molar-refractivity contribution in [1.29, 1.82) is 0 Å². The molecule has 1 amide bonds. The van der Waals surface area contributed by atoms with E-state index in [1.54, 1.807) is 6.92 Å². The van der Waals surface area contributed by atoms with Crippen molar-refractivity contribution in [3.05, 3.63) is 34.6 Å². The zero-order valence-corrected chi connectivity index (χ0v) is 14.0. The Morgan fingerprint density at radius 3 is 2.44 bits per heavy atom. The van der Waals surface area contributed by atoms with Crippen LogP contribution in [0.15, 0.2) is 22.5 Å². The van der Waals surface area contributed by atoms with Crippen LogP contribution in [-0.2, 0) is 12.4 Å². The van der Waals surface area contributed by atoms with Crippen molar-refractivity contribution in [2.75, 3.05) is 11.1 Å². The first-order chi connectivity index (χ1) is 11.5. The van der Waals surface area contributed by atoms with Gasteiger partial charge in [0.2, 0.25) is 0 Å². The minimum absolute atomic E-state index is 0.0255. The Morgan fingerprint density at radius 1 is 1.24 bits per heavy atom. The molecule has 12 heteroatoms. The second-order valence-corrected chi connectivity index (χ2v) is 6.66. The van der Waals surface area contributed by atoms with Crippen LogP contribution in [0.2, 0.25) is 0 Å². The van der Waals surface area contributed by atoms with Gasteiger partial charge in [-0.25, -0.2) is 9.97 Å². The quantitative estimate of drug-likeness (QED) is 0.583. The molecule has 1 N–H and O–H groups in total. The largest absolute Gasteiger partial charge is 0.434 e. The maximum Gasteiger partial charge on any atom is 0.434 e. The first-order valence-corrected chi connectivity index (χ1v) is 8.43. The molecule has 136 valence electrons. The number of rotatable bonds is 4. The normalized spacial score (nSPS) is 12.3. The SMILES string of the molecule is CCSc1cc(C(F)(F)F)cnc1C(=O)Nc1nc(C(F)(F)F)cs1. The third kappa shape index (κ3) is 4.84. The number of pyridine rings is 1. The molecule has 2 aromatic heterocycles. The molecule has 2 heterocycles. The van der Waals surface area contributed by atoms with Gasteiger partial charge in [0.25, 0.3) is 5.91 Å². The second-order valence-electron chi connectivity index (χ2n) is 4.49. The van der Waals surface area contributed by atoms with Crippen LogP contribution in [0.3, 0.4) is 0 Å². The molecule has 2 aromatic rings.